The lowest BCUT2D eigenvalue weighted by atomic mass is 9.84. The Balaban J connectivity index is 2.70. The van der Waals surface area contributed by atoms with Crippen LogP contribution in [0.5, 0.6) is 0 Å². The van der Waals surface area contributed by atoms with Gasteiger partial charge in [0.25, 0.3) is 5.91 Å². The summed E-state index contributed by atoms with van der Waals surface area (Å²) in [5, 5.41) is 8.39. The molecule has 0 aliphatic rings. The molecule has 0 atom stereocenters. The zero-order valence-electron chi connectivity index (χ0n) is 10.3. The molecule has 6 heteroatoms. The highest BCUT2D eigenvalue weighted by Gasteiger charge is 2.30. The minimum absolute atomic E-state index is 0.423. The molecule has 0 heterocycles. The molecule has 98 valence electrons. The summed E-state index contributed by atoms with van der Waals surface area (Å²) < 4.78 is 0. The van der Waals surface area contributed by atoms with E-state index in [4.69, 9.17) is 10.8 Å². The predicted molar refractivity (Wildman–Crippen MR) is 65.6 cm³/mol. The second-order valence-electron chi connectivity index (χ2n) is 4.36. The van der Waals surface area contributed by atoms with Crippen LogP contribution in [-0.4, -0.2) is 23.6 Å². The highest BCUT2D eigenvalue weighted by molar-refractivity contribution is 5.86. The van der Waals surface area contributed by atoms with Gasteiger partial charge in [-0.05, 0) is 31.5 Å². The number of hydrogen-bond donors (Lipinski definition) is 3. The largest absolute Gasteiger partial charge is 0.479 e. The molecule has 0 spiro atoms. The summed E-state index contributed by atoms with van der Waals surface area (Å²) in [6, 6.07) is 6.88. The number of hydroxylamine groups is 1. The minimum atomic E-state index is -1.15. The SMILES string of the molecule is CC(C)(C(=O)NOCC(=O)O)c1ccc(N)cc1. The summed E-state index contributed by atoms with van der Waals surface area (Å²) in [5.41, 5.74) is 8.21. The lowest BCUT2D eigenvalue weighted by molar-refractivity contribution is -0.151. The highest BCUT2D eigenvalue weighted by atomic mass is 16.7. The molecule has 0 unspecified atom stereocenters. The van der Waals surface area contributed by atoms with E-state index in [0.717, 1.165) is 5.56 Å². The molecular formula is C12H16N2O4. The van der Waals surface area contributed by atoms with E-state index in [9.17, 15) is 9.59 Å². The Bertz CT molecular complexity index is 440. The number of benzene rings is 1. The molecule has 1 aromatic rings. The first-order chi connectivity index (χ1) is 8.34. The average Bonchev–Trinajstić information content (AvgIpc) is 2.28. The minimum Gasteiger partial charge on any atom is -0.479 e. The monoisotopic (exact) mass is 252 g/mol. The van der Waals surface area contributed by atoms with Gasteiger partial charge in [0.2, 0.25) is 0 Å². The number of anilines is 1. The van der Waals surface area contributed by atoms with Crippen molar-refractivity contribution >= 4 is 17.6 Å². The summed E-state index contributed by atoms with van der Waals surface area (Å²) in [5.74, 6) is -1.57. The van der Waals surface area contributed by atoms with E-state index in [2.05, 4.69) is 10.3 Å². The van der Waals surface area contributed by atoms with Gasteiger partial charge in [-0.1, -0.05) is 12.1 Å². The smallest absolute Gasteiger partial charge is 0.332 e. The first kappa shape index (κ1) is 14.0. The third-order valence-corrected chi connectivity index (χ3v) is 2.56. The molecule has 0 aliphatic carbocycles. The van der Waals surface area contributed by atoms with Crippen molar-refractivity contribution in [1.29, 1.82) is 0 Å². The maximum Gasteiger partial charge on any atom is 0.332 e. The Kier molecular flexibility index (Phi) is 4.28. The maximum absolute atomic E-state index is 11.9. The lowest BCUT2D eigenvalue weighted by Crippen LogP contribution is -2.40. The molecule has 1 rings (SSSR count). The van der Waals surface area contributed by atoms with Gasteiger partial charge < -0.3 is 10.8 Å². The van der Waals surface area contributed by atoms with Gasteiger partial charge in [0.15, 0.2) is 6.61 Å². The van der Waals surface area contributed by atoms with E-state index in [1.165, 1.54) is 0 Å². The second kappa shape index (κ2) is 5.50. The molecule has 0 radical (unpaired) electrons. The molecule has 1 aromatic carbocycles. The van der Waals surface area contributed by atoms with Crippen molar-refractivity contribution < 1.29 is 19.5 Å². The van der Waals surface area contributed by atoms with E-state index < -0.39 is 23.9 Å². The number of aliphatic carboxylic acids is 1. The zero-order chi connectivity index (χ0) is 13.8. The van der Waals surface area contributed by atoms with E-state index in [1.807, 2.05) is 0 Å². The zero-order valence-corrected chi connectivity index (χ0v) is 10.3. The molecule has 0 bridgehead atoms. The van der Waals surface area contributed by atoms with E-state index in [1.54, 1.807) is 38.1 Å². The summed E-state index contributed by atoms with van der Waals surface area (Å²) in [6.45, 7) is 2.83. The van der Waals surface area contributed by atoms with Crippen molar-refractivity contribution in [2.24, 2.45) is 0 Å². The Labute approximate surface area is 105 Å². The van der Waals surface area contributed by atoms with Gasteiger partial charge in [0.05, 0.1) is 5.41 Å². The van der Waals surface area contributed by atoms with E-state index in [0.29, 0.717) is 5.69 Å². The van der Waals surface area contributed by atoms with Crippen molar-refractivity contribution in [3.05, 3.63) is 29.8 Å². The number of rotatable bonds is 5. The third kappa shape index (κ3) is 3.46. The van der Waals surface area contributed by atoms with Crippen LogP contribution in [0.1, 0.15) is 19.4 Å². The molecule has 4 N–H and O–H groups in total. The van der Waals surface area contributed by atoms with Crippen molar-refractivity contribution in [2.75, 3.05) is 12.3 Å². The molecule has 0 saturated carbocycles. The maximum atomic E-state index is 11.9. The standard InChI is InChI=1S/C12H16N2O4/c1-12(2,8-3-5-9(13)6-4-8)11(17)14-18-7-10(15)16/h3-6H,7,13H2,1-2H3,(H,14,17)(H,15,16). The van der Waals surface area contributed by atoms with Gasteiger partial charge in [0.1, 0.15) is 0 Å². The van der Waals surface area contributed by atoms with Gasteiger partial charge in [-0.2, -0.15) is 0 Å². The molecule has 0 aliphatic heterocycles. The van der Waals surface area contributed by atoms with Crippen LogP contribution in [0, 0.1) is 0 Å². The lowest BCUT2D eigenvalue weighted by Gasteiger charge is -2.23. The number of hydrogen-bond acceptors (Lipinski definition) is 4. The van der Waals surface area contributed by atoms with Crippen molar-refractivity contribution in [1.82, 2.24) is 5.48 Å². The number of amides is 1. The van der Waals surface area contributed by atoms with Crippen LogP contribution in [-0.2, 0) is 19.8 Å². The van der Waals surface area contributed by atoms with Crippen molar-refractivity contribution in [3.8, 4) is 0 Å². The molecule has 18 heavy (non-hydrogen) atoms. The molecular weight excluding hydrogens is 236 g/mol. The number of nitrogens with two attached hydrogens (primary N) is 1. The fourth-order valence-electron chi connectivity index (χ4n) is 1.32. The Morgan fingerprint density at radius 3 is 2.39 bits per heavy atom. The number of carbonyl (C=O) groups excluding carboxylic acids is 1. The Morgan fingerprint density at radius 1 is 1.33 bits per heavy atom. The van der Waals surface area contributed by atoms with Crippen molar-refractivity contribution in [3.63, 3.8) is 0 Å². The third-order valence-electron chi connectivity index (χ3n) is 2.56. The summed E-state index contributed by atoms with van der Waals surface area (Å²) in [6.07, 6.45) is 0. The van der Waals surface area contributed by atoms with Gasteiger partial charge in [-0.25, -0.2) is 10.3 Å². The normalized spacial score (nSPS) is 11.0. The topological polar surface area (TPSA) is 102 Å². The van der Waals surface area contributed by atoms with Crippen LogP contribution < -0.4 is 11.2 Å². The molecule has 0 fully saturated rings. The average molecular weight is 252 g/mol. The number of carbonyl (C=O) groups is 2. The van der Waals surface area contributed by atoms with Crippen LogP contribution in [0.3, 0.4) is 0 Å². The molecule has 1 amide bonds. The summed E-state index contributed by atoms with van der Waals surface area (Å²) in [4.78, 5) is 26.7. The van der Waals surface area contributed by atoms with Crippen LogP contribution in [0.2, 0.25) is 0 Å². The Hall–Kier alpha value is -2.08. The van der Waals surface area contributed by atoms with Gasteiger partial charge in [-0.3, -0.25) is 9.63 Å². The number of nitrogen functional groups attached to an aromatic ring is 1. The van der Waals surface area contributed by atoms with E-state index in [-0.39, 0.29) is 0 Å². The number of carboxylic acids is 1. The second-order valence-corrected chi connectivity index (χ2v) is 4.36. The summed E-state index contributed by atoms with van der Waals surface area (Å²) in [7, 11) is 0. The summed E-state index contributed by atoms with van der Waals surface area (Å²) >= 11 is 0. The first-order valence-corrected chi connectivity index (χ1v) is 5.34. The van der Waals surface area contributed by atoms with Crippen LogP contribution in [0.25, 0.3) is 0 Å². The predicted octanol–water partition coefficient (Wildman–Crippen LogP) is 0.679. The van der Waals surface area contributed by atoms with Gasteiger partial charge in [-0.15, -0.1) is 0 Å². The van der Waals surface area contributed by atoms with Gasteiger partial charge >= 0.3 is 5.97 Å². The quantitative estimate of drug-likeness (QED) is 0.528. The van der Waals surface area contributed by atoms with Crippen LogP contribution >= 0.6 is 0 Å². The van der Waals surface area contributed by atoms with Crippen molar-refractivity contribution in [2.45, 2.75) is 19.3 Å². The first-order valence-electron chi connectivity index (χ1n) is 5.34. The fraction of sp³-hybridized carbons (Fsp3) is 0.333. The molecule has 6 nitrogen and oxygen atoms in total. The Morgan fingerprint density at radius 2 is 1.89 bits per heavy atom. The van der Waals surface area contributed by atoms with Crippen LogP contribution in [0.4, 0.5) is 5.69 Å². The number of carboxylic acid groups (broad SMARTS) is 1. The highest BCUT2D eigenvalue weighted by Crippen LogP contribution is 2.24. The molecule has 0 saturated heterocycles. The number of nitrogens with one attached hydrogen (secondary N) is 1. The van der Waals surface area contributed by atoms with Gasteiger partial charge in [0, 0.05) is 5.69 Å². The van der Waals surface area contributed by atoms with Crippen LogP contribution in [0.15, 0.2) is 24.3 Å². The van der Waals surface area contributed by atoms with E-state index >= 15 is 0 Å². The molecule has 0 aromatic heterocycles. The fourth-order valence-corrected chi connectivity index (χ4v) is 1.32.